The van der Waals surface area contributed by atoms with Crippen molar-refractivity contribution in [3.63, 3.8) is 0 Å². The minimum absolute atomic E-state index is 0.628. The number of ether oxygens (including phenoxy) is 2. The molecule has 0 fully saturated rings. The molecule has 3 rings (SSSR count). The molecule has 1 aromatic rings. The first-order valence-electron chi connectivity index (χ1n) is 7.23. The number of hydrogen-bond donors (Lipinski definition) is 1. The zero-order valence-corrected chi connectivity index (χ0v) is 12.5. The monoisotopic (exact) mass is 292 g/mol. The predicted octanol–water partition coefficient (Wildman–Crippen LogP) is 3.53. The van der Waals surface area contributed by atoms with Gasteiger partial charge in [0.15, 0.2) is 16.7 Å². The number of aliphatic imine (C=N–C) groups is 1. The highest BCUT2D eigenvalue weighted by molar-refractivity contribution is 8.15. The maximum atomic E-state index is 5.70. The van der Waals surface area contributed by atoms with Crippen molar-refractivity contribution >= 4 is 22.6 Å². The van der Waals surface area contributed by atoms with Gasteiger partial charge in [0.1, 0.15) is 0 Å². The van der Waals surface area contributed by atoms with Crippen LogP contribution in [0.1, 0.15) is 26.2 Å². The molecule has 1 atom stereocenters. The molecule has 2 aliphatic heterocycles. The number of anilines is 1. The molecule has 2 heterocycles. The number of rotatable bonds is 3. The molecule has 0 aliphatic carbocycles. The van der Waals surface area contributed by atoms with Crippen molar-refractivity contribution in [3.8, 4) is 11.5 Å². The average Bonchev–Trinajstić information content (AvgIpc) is 2.75. The second kappa shape index (κ2) is 6.39. The summed E-state index contributed by atoms with van der Waals surface area (Å²) < 4.78 is 11.3. The van der Waals surface area contributed by atoms with Gasteiger partial charge in [0.2, 0.25) is 0 Å². The largest absolute Gasteiger partial charge is 0.490 e. The van der Waals surface area contributed by atoms with Crippen LogP contribution in [0.5, 0.6) is 11.5 Å². The second-order valence-corrected chi connectivity index (χ2v) is 6.30. The van der Waals surface area contributed by atoms with Gasteiger partial charge in [-0.2, -0.15) is 0 Å². The van der Waals surface area contributed by atoms with Crippen molar-refractivity contribution in [2.45, 2.75) is 31.4 Å². The Kier molecular flexibility index (Phi) is 4.35. The van der Waals surface area contributed by atoms with Crippen LogP contribution in [0.25, 0.3) is 0 Å². The molecular weight excluding hydrogens is 272 g/mol. The van der Waals surface area contributed by atoms with E-state index in [1.54, 1.807) is 0 Å². The van der Waals surface area contributed by atoms with Crippen molar-refractivity contribution in [1.82, 2.24) is 0 Å². The molecule has 1 aromatic carbocycles. The lowest BCUT2D eigenvalue weighted by Crippen LogP contribution is -2.07. The van der Waals surface area contributed by atoms with Crippen LogP contribution in [-0.4, -0.2) is 30.2 Å². The van der Waals surface area contributed by atoms with E-state index in [-0.39, 0.29) is 0 Å². The van der Waals surface area contributed by atoms with Crippen LogP contribution in [0.15, 0.2) is 23.2 Å². The van der Waals surface area contributed by atoms with E-state index in [1.165, 1.54) is 12.8 Å². The third-order valence-electron chi connectivity index (χ3n) is 3.33. The molecule has 0 bridgehead atoms. The highest BCUT2D eigenvalue weighted by Crippen LogP contribution is 2.33. The van der Waals surface area contributed by atoms with E-state index in [0.717, 1.165) is 41.9 Å². The minimum atomic E-state index is 0.628. The predicted molar refractivity (Wildman–Crippen MR) is 84.3 cm³/mol. The van der Waals surface area contributed by atoms with Crippen LogP contribution in [-0.2, 0) is 0 Å². The third-order valence-corrected chi connectivity index (χ3v) is 4.50. The van der Waals surface area contributed by atoms with Gasteiger partial charge in [0.05, 0.1) is 19.8 Å². The average molecular weight is 292 g/mol. The Hall–Kier alpha value is -1.36. The summed E-state index contributed by atoms with van der Waals surface area (Å²) in [5.41, 5.74) is 1.01. The highest BCUT2D eigenvalue weighted by atomic mass is 32.2. The summed E-state index contributed by atoms with van der Waals surface area (Å²) in [6.45, 7) is 4.58. The van der Waals surface area contributed by atoms with E-state index in [9.17, 15) is 0 Å². The van der Waals surface area contributed by atoms with Crippen LogP contribution in [0.4, 0.5) is 5.69 Å². The smallest absolute Gasteiger partial charge is 0.163 e. The van der Waals surface area contributed by atoms with Crippen LogP contribution in [0, 0.1) is 0 Å². The van der Waals surface area contributed by atoms with E-state index in [2.05, 4.69) is 17.2 Å². The molecule has 1 unspecified atom stereocenters. The Morgan fingerprint density at radius 3 is 3.00 bits per heavy atom. The van der Waals surface area contributed by atoms with Gasteiger partial charge in [-0.1, -0.05) is 25.1 Å². The number of benzene rings is 1. The lowest BCUT2D eigenvalue weighted by Gasteiger charge is -2.11. The number of nitrogens with one attached hydrogen (secondary N) is 1. The molecule has 0 saturated heterocycles. The number of thioether (sulfide) groups is 1. The SMILES string of the molecule is CCCC1CN=C(Nc2ccc3c(c2)OCCCO3)S1. The summed E-state index contributed by atoms with van der Waals surface area (Å²) in [4.78, 5) is 4.56. The zero-order valence-electron chi connectivity index (χ0n) is 11.7. The Bertz CT molecular complexity index is 505. The van der Waals surface area contributed by atoms with E-state index in [4.69, 9.17) is 9.47 Å². The van der Waals surface area contributed by atoms with E-state index >= 15 is 0 Å². The summed E-state index contributed by atoms with van der Waals surface area (Å²) in [6, 6.07) is 5.98. The summed E-state index contributed by atoms with van der Waals surface area (Å²) >= 11 is 1.84. The molecule has 0 saturated carbocycles. The van der Waals surface area contributed by atoms with E-state index < -0.39 is 0 Å². The van der Waals surface area contributed by atoms with Gasteiger partial charge < -0.3 is 14.8 Å². The van der Waals surface area contributed by atoms with Crippen LogP contribution < -0.4 is 14.8 Å². The lowest BCUT2D eigenvalue weighted by molar-refractivity contribution is 0.297. The number of fused-ring (bicyclic) bond motifs is 1. The Labute approximate surface area is 123 Å². The summed E-state index contributed by atoms with van der Waals surface area (Å²) in [5, 5.41) is 5.02. The standard InChI is InChI=1S/C15H20N2O2S/c1-2-4-12-10-16-15(20-12)17-11-5-6-13-14(9-11)19-8-3-7-18-13/h5-6,9,12H,2-4,7-8,10H2,1H3,(H,16,17). The quantitative estimate of drug-likeness (QED) is 0.925. The van der Waals surface area contributed by atoms with Gasteiger partial charge in [0, 0.05) is 23.4 Å². The van der Waals surface area contributed by atoms with Gasteiger partial charge in [-0.3, -0.25) is 4.99 Å². The Morgan fingerprint density at radius 2 is 2.15 bits per heavy atom. The van der Waals surface area contributed by atoms with Crippen molar-refractivity contribution in [2.75, 3.05) is 25.1 Å². The molecule has 0 amide bonds. The molecule has 20 heavy (non-hydrogen) atoms. The molecule has 1 N–H and O–H groups in total. The first-order valence-corrected chi connectivity index (χ1v) is 8.11. The van der Waals surface area contributed by atoms with Crippen LogP contribution in [0.2, 0.25) is 0 Å². The molecule has 108 valence electrons. The second-order valence-electron chi connectivity index (χ2n) is 5.01. The summed E-state index contributed by atoms with van der Waals surface area (Å²) in [7, 11) is 0. The lowest BCUT2D eigenvalue weighted by atomic mass is 10.2. The first-order chi connectivity index (χ1) is 9.85. The van der Waals surface area contributed by atoms with E-state index in [1.807, 2.05) is 30.0 Å². The normalized spacial score (nSPS) is 21.2. The molecular formula is C15H20N2O2S. The summed E-state index contributed by atoms with van der Waals surface area (Å²) in [6.07, 6.45) is 3.36. The van der Waals surface area contributed by atoms with Crippen molar-refractivity contribution in [3.05, 3.63) is 18.2 Å². The molecule has 5 heteroatoms. The zero-order chi connectivity index (χ0) is 13.8. The Balaban J connectivity index is 1.65. The number of hydrogen-bond acceptors (Lipinski definition) is 5. The van der Waals surface area contributed by atoms with Gasteiger partial charge in [-0.15, -0.1) is 0 Å². The van der Waals surface area contributed by atoms with Gasteiger partial charge in [0.25, 0.3) is 0 Å². The minimum Gasteiger partial charge on any atom is -0.490 e. The van der Waals surface area contributed by atoms with Gasteiger partial charge in [-0.05, 0) is 18.6 Å². The fourth-order valence-corrected chi connectivity index (χ4v) is 3.47. The van der Waals surface area contributed by atoms with Crippen molar-refractivity contribution in [1.29, 1.82) is 0 Å². The van der Waals surface area contributed by atoms with E-state index in [0.29, 0.717) is 11.9 Å². The van der Waals surface area contributed by atoms with Crippen molar-refractivity contribution in [2.24, 2.45) is 4.99 Å². The summed E-state index contributed by atoms with van der Waals surface area (Å²) in [5.74, 6) is 1.65. The topological polar surface area (TPSA) is 42.9 Å². The molecule has 0 aromatic heterocycles. The first kappa shape index (κ1) is 13.6. The molecule has 4 nitrogen and oxygen atoms in total. The van der Waals surface area contributed by atoms with Crippen LogP contribution >= 0.6 is 11.8 Å². The maximum absolute atomic E-state index is 5.70. The number of amidine groups is 1. The molecule has 0 radical (unpaired) electrons. The maximum Gasteiger partial charge on any atom is 0.163 e. The van der Waals surface area contributed by atoms with Gasteiger partial charge in [-0.25, -0.2) is 0 Å². The van der Waals surface area contributed by atoms with Crippen LogP contribution in [0.3, 0.4) is 0 Å². The third kappa shape index (κ3) is 3.20. The highest BCUT2D eigenvalue weighted by Gasteiger charge is 2.19. The molecule has 2 aliphatic rings. The molecule has 0 spiro atoms. The number of nitrogens with zero attached hydrogens (tertiary/aromatic N) is 1. The Morgan fingerprint density at radius 1 is 1.30 bits per heavy atom. The van der Waals surface area contributed by atoms with Crippen molar-refractivity contribution < 1.29 is 9.47 Å². The fraction of sp³-hybridized carbons (Fsp3) is 0.533. The fourth-order valence-electron chi connectivity index (χ4n) is 2.32. The van der Waals surface area contributed by atoms with Gasteiger partial charge >= 0.3 is 0 Å².